The van der Waals surface area contributed by atoms with E-state index in [9.17, 15) is 4.79 Å². The molecule has 18 heavy (non-hydrogen) atoms. The summed E-state index contributed by atoms with van der Waals surface area (Å²) in [5, 5.41) is 9.75. The second-order valence-electron chi connectivity index (χ2n) is 4.95. The molecule has 0 amide bonds. The first-order valence-corrected chi connectivity index (χ1v) is 7.12. The minimum atomic E-state index is -0.755. The van der Waals surface area contributed by atoms with E-state index in [1.54, 1.807) is 11.3 Å². The van der Waals surface area contributed by atoms with Gasteiger partial charge < -0.3 is 10.0 Å². The Bertz CT molecular complexity index is 382. The summed E-state index contributed by atoms with van der Waals surface area (Å²) in [6, 6.07) is 0. The van der Waals surface area contributed by atoms with E-state index in [4.69, 9.17) is 5.11 Å². The molecule has 0 fully saturated rings. The number of rotatable bonds is 7. The predicted molar refractivity (Wildman–Crippen MR) is 75.5 cm³/mol. The van der Waals surface area contributed by atoms with Gasteiger partial charge in [0.1, 0.15) is 0 Å². The van der Waals surface area contributed by atoms with Crippen LogP contribution in [0.15, 0.2) is 0 Å². The lowest BCUT2D eigenvalue weighted by Crippen LogP contribution is -2.28. The quantitative estimate of drug-likeness (QED) is 0.827. The lowest BCUT2D eigenvalue weighted by Gasteiger charge is -2.22. The fraction of sp³-hybridized carbons (Fsp3) is 0.692. The molecule has 1 aromatic rings. The van der Waals surface area contributed by atoms with Gasteiger partial charge in [0, 0.05) is 18.0 Å². The second-order valence-corrected chi connectivity index (χ2v) is 6.13. The van der Waals surface area contributed by atoms with Crippen molar-refractivity contribution >= 4 is 22.4 Å². The summed E-state index contributed by atoms with van der Waals surface area (Å²) in [7, 11) is 0. The first-order chi connectivity index (χ1) is 8.40. The van der Waals surface area contributed by atoms with E-state index >= 15 is 0 Å². The third-order valence-electron chi connectivity index (χ3n) is 2.86. The fourth-order valence-corrected chi connectivity index (χ4v) is 2.50. The molecule has 4 nitrogen and oxygen atoms in total. The molecule has 0 saturated heterocycles. The number of aromatic nitrogens is 1. The van der Waals surface area contributed by atoms with Crippen LogP contribution in [0.4, 0.5) is 5.13 Å². The molecule has 0 bridgehead atoms. The molecule has 1 rings (SSSR count). The Morgan fingerprint density at radius 1 is 1.39 bits per heavy atom. The zero-order chi connectivity index (χ0) is 13.7. The van der Waals surface area contributed by atoms with Crippen molar-refractivity contribution in [1.29, 1.82) is 0 Å². The van der Waals surface area contributed by atoms with E-state index in [1.807, 2.05) is 13.8 Å². The SMILES string of the molecule is Cc1nc(N(CCC(=O)O)CCC(C)C)sc1C. The lowest BCUT2D eigenvalue weighted by molar-refractivity contribution is -0.136. The molecule has 1 N–H and O–H groups in total. The van der Waals surface area contributed by atoms with E-state index < -0.39 is 5.97 Å². The summed E-state index contributed by atoms with van der Waals surface area (Å²) in [4.78, 5) is 18.5. The summed E-state index contributed by atoms with van der Waals surface area (Å²) in [6.07, 6.45) is 1.22. The van der Waals surface area contributed by atoms with Crippen LogP contribution in [0.3, 0.4) is 0 Å². The number of thiazole rings is 1. The molecular formula is C13H22N2O2S. The molecule has 0 atom stereocenters. The summed E-state index contributed by atoms with van der Waals surface area (Å²) >= 11 is 1.65. The molecule has 0 aliphatic carbocycles. The van der Waals surface area contributed by atoms with Crippen LogP contribution in [0.2, 0.25) is 0 Å². The third-order valence-corrected chi connectivity index (χ3v) is 3.99. The van der Waals surface area contributed by atoms with Crippen LogP contribution in [-0.2, 0) is 4.79 Å². The zero-order valence-corrected chi connectivity index (χ0v) is 12.4. The van der Waals surface area contributed by atoms with Crippen LogP contribution in [0.25, 0.3) is 0 Å². The van der Waals surface area contributed by atoms with Crippen LogP contribution < -0.4 is 4.90 Å². The molecular weight excluding hydrogens is 248 g/mol. The number of nitrogens with zero attached hydrogens (tertiary/aromatic N) is 2. The van der Waals surface area contributed by atoms with Crippen LogP contribution in [0.1, 0.15) is 37.3 Å². The number of carboxylic acids is 1. The maximum absolute atomic E-state index is 10.7. The first kappa shape index (κ1) is 15.0. The average molecular weight is 270 g/mol. The first-order valence-electron chi connectivity index (χ1n) is 6.31. The number of carboxylic acid groups (broad SMARTS) is 1. The Kier molecular flexibility index (Phi) is 5.59. The molecule has 0 unspecified atom stereocenters. The Balaban J connectivity index is 2.72. The van der Waals surface area contributed by atoms with Gasteiger partial charge in [-0.05, 0) is 26.2 Å². The van der Waals surface area contributed by atoms with Crippen molar-refractivity contribution in [3.05, 3.63) is 10.6 Å². The molecule has 0 spiro atoms. The summed E-state index contributed by atoms with van der Waals surface area (Å²) < 4.78 is 0. The molecule has 0 aromatic carbocycles. The monoisotopic (exact) mass is 270 g/mol. The van der Waals surface area contributed by atoms with Crippen LogP contribution in [-0.4, -0.2) is 29.1 Å². The zero-order valence-electron chi connectivity index (χ0n) is 11.6. The highest BCUT2D eigenvalue weighted by Crippen LogP contribution is 2.25. The highest BCUT2D eigenvalue weighted by Gasteiger charge is 2.14. The van der Waals surface area contributed by atoms with Gasteiger partial charge >= 0.3 is 5.97 Å². The van der Waals surface area contributed by atoms with Crippen LogP contribution in [0.5, 0.6) is 0 Å². The summed E-state index contributed by atoms with van der Waals surface area (Å²) in [6.45, 7) is 9.80. The third kappa shape index (κ3) is 4.64. The van der Waals surface area contributed by atoms with Gasteiger partial charge in [0.25, 0.3) is 0 Å². The van der Waals surface area contributed by atoms with Crippen molar-refractivity contribution < 1.29 is 9.90 Å². The van der Waals surface area contributed by atoms with Crippen molar-refractivity contribution in [3.63, 3.8) is 0 Å². The van der Waals surface area contributed by atoms with Gasteiger partial charge in [-0.2, -0.15) is 0 Å². The van der Waals surface area contributed by atoms with Gasteiger partial charge in [-0.15, -0.1) is 11.3 Å². The van der Waals surface area contributed by atoms with Crippen molar-refractivity contribution in [1.82, 2.24) is 4.98 Å². The lowest BCUT2D eigenvalue weighted by atomic mass is 10.1. The minimum absolute atomic E-state index is 0.162. The highest BCUT2D eigenvalue weighted by atomic mass is 32.1. The predicted octanol–water partition coefficient (Wildman–Crippen LogP) is 3.09. The van der Waals surface area contributed by atoms with Gasteiger partial charge in [0.05, 0.1) is 12.1 Å². The maximum Gasteiger partial charge on any atom is 0.305 e. The number of carbonyl (C=O) groups is 1. The van der Waals surface area contributed by atoms with E-state index in [0.29, 0.717) is 12.5 Å². The van der Waals surface area contributed by atoms with Gasteiger partial charge in [-0.25, -0.2) is 4.98 Å². The molecule has 0 aliphatic rings. The van der Waals surface area contributed by atoms with E-state index in [2.05, 4.69) is 23.7 Å². The van der Waals surface area contributed by atoms with Crippen molar-refractivity contribution in [2.45, 2.75) is 40.5 Å². The smallest absolute Gasteiger partial charge is 0.305 e. The fourth-order valence-electron chi connectivity index (χ4n) is 1.54. The Morgan fingerprint density at radius 2 is 2.06 bits per heavy atom. The van der Waals surface area contributed by atoms with Gasteiger partial charge in [-0.3, -0.25) is 4.79 Å². The number of aryl methyl sites for hydroxylation is 2. The minimum Gasteiger partial charge on any atom is -0.481 e. The Morgan fingerprint density at radius 3 is 2.50 bits per heavy atom. The molecule has 1 aromatic heterocycles. The summed E-state index contributed by atoms with van der Waals surface area (Å²) in [5.41, 5.74) is 1.04. The topological polar surface area (TPSA) is 53.4 Å². The van der Waals surface area contributed by atoms with Crippen molar-refractivity contribution in [3.8, 4) is 0 Å². The van der Waals surface area contributed by atoms with Crippen molar-refractivity contribution in [2.75, 3.05) is 18.0 Å². The number of anilines is 1. The van der Waals surface area contributed by atoms with E-state index in [0.717, 1.165) is 23.8 Å². The van der Waals surface area contributed by atoms with Gasteiger partial charge in [-0.1, -0.05) is 13.8 Å². The van der Waals surface area contributed by atoms with Gasteiger partial charge in [0.15, 0.2) is 5.13 Å². The molecule has 5 heteroatoms. The molecule has 0 saturated carbocycles. The van der Waals surface area contributed by atoms with Crippen LogP contribution >= 0.6 is 11.3 Å². The van der Waals surface area contributed by atoms with Crippen LogP contribution in [0, 0.1) is 19.8 Å². The van der Waals surface area contributed by atoms with Gasteiger partial charge in [0.2, 0.25) is 0 Å². The van der Waals surface area contributed by atoms with E-state index in [-0.39, 0.29) is 6.42 Å². The summed E-state index contributed by atoms with van der Waals surface area (Å²) in [5.74, 6) is -0.144. The van der Waals surface area contributed by atoms with E-state index in [1.165, 1.54) is 4.88 Å². The second kappa shape index (κ2) is 6.73. The number of aliphatic carboxylic acids is 1. The largest absolute Gasteiger partial charge is 0.481 e. The highest BCUT2D eigenvalue weighted by molar-refractivity contribution is 7.15. The average Bonchev–Trinajstić information content (AvgIpc) is 2.58. The molecule has 1 heterocycles. The Hall–Kier alpha value is -1.10. The molecule has 0 aliphatic heterocycles. The normalized spacial score (nSPS) is 10.9. The number of hydrogen-bond acceptors (Lipinski definition) is 4. The van der Waals surface area contributed by atoms with Crippen molar-refractivity contribution in [2.24, 2.45) is 5.92 Å². The molecule has 0 radical (unpaired) electrons. The standard InChI is InChI=1S/C13H22N2O2S/c1-9(2)5-7-15(8-6-12(16)17)13-14-10(3)11(4)18-13/h9H,5-8H2,1-4H3,(H,16,17). The number of hydrogen-bond donors (Lipinski definition) is 1. The molecule has 102 valence electrons. The Labute approximate surface area is 113 Å². The maximum atomic E-state index is 10.7.